The van der Waals surface area contributed by atoms with Gasteiger partial charge in [0.25, 0.3) is 10.5 Å². The molecule has 0 aliphatic rings. The number of carbonyl (C=O) groups excluding carboxylic acids is 2. The highest BCUT2D eigenvalue weighted by molar-refractivity contribution is 7.96. The molecule has 5 nitrogen and oxygen atoms in total. The molecule has 0 spiro atoms. The molecular formula is C6H21N3O2S3. The first-order valence-electron chi connectivity index (χ1n) is 2.53. The second kappa shape index (κ2) is 23.1. The van der Waals surface area contributed by atoms with Crippen molar-refractivity contribution in [1.29, 1.82) is 0 Å². The van der Waals surface area contributed by atoms with E-state index < -0.39 is 10.5 Å². The van der Waals surface area contributed by atoms with E-state index >= 15 is 0 Å². The molecule has 0 saturated heterocycles. The largest absolute Gasteiger partial charge is 0.361 e. The molecule has 8 heteroatoms. The maximum Gasteiger partial charge on any atom is 0.273 e. The van der Waals surface area contributed by atoms with Crippen molar-refractivity contribution in [3.63, 3.8) is 0 Å². The van der Waals surface area contributed by atoms with E-state index in [1.54, 1.807) is 4.31 Å². The van der Waals surface area contributed by atoms with E-state index in [2.05, 4.69) is 49.5 Å². The van der Waals surface area contributed by atoms with Gasteiger partial charge in [0.1, 0.15) is 0 Å². The number of nitrogens with zero attached hydrogens (tertiary/aromatic N) is 1. The summed E-state index contributed by atoms with van der Waals surface area (Å²) in [6.45, 7) is 0. The molecule has 0 rings (SSSR count). The molecule has 0 aliphatic heterocycles. The standard InChI is InChI=1S/C2H7NS.2CH3NOS.2CH4/c1-3(2)4;2*2-1(3)4;;/h4H,1-2H3;2*(H3,2,3,4);2*1H4. The molecule has 0 saturated carbocycles. The second-order valence-corrected chi connectivity index (χ2v) is 3.21. The van der Waals surface area contributed by atoms with Crippen molar-refractivity contribution in [2.45, 2.75) is 14.9 Å². The smallest absolute Gasteiger partial charge is 0.273 e. The summed E-state index contributed by atoms with van der Waals surface area (Å²) in [4.78, 5) is 18.2. The maximum absolute atomic E-state index is 9.09. The fourth-order valence-electron chi connectivity index (χ4n) is 0. The van der Waals surface area contributed by atoms with Gasteiger partial charge in [-0.3, -0.25) is 13.9 Å². The first-order valence-corrected chi connectivity index (χ1v) is 3.82. The van der Waals surface area contributed by atoms with Crippen molar-refractivity contribution in [1.82, 2.24) is 4.31 Å². The molecule has 0 bridgehead atoms. The van der Waals surface area contributed by atoms with E-state index in [9.17, 15) is 0 Å². The van der Waals surface area contributed by atoms with Gasteiger partial charge in [-0.25, -0.2) is 0 Å². The van der Waals surface area contributed by atoms with Crippen LogP contribution >= 0.6 is 38.1 Å². The van der Waals surface area contributed by atoms with Gasteiger partial charge in [0.2, 0.25) is 0 Å². The number of carbonyl (C=O) groups is 2. The first kappa shape index (κ1) is 29.2. The molecule has 0 heterocycles. The predicted octanol–water partition coefficient (Wildman–Crippen LogP) is 1.65. The van der Waals surface area contributed by atoms with Crippen LogP contribution in [0.4, 0.5) is 9.59 Å². The van der Waals surface area contributed by atoms with Crippen molar-refractivity contribution < 1.29 is 9.59 Å². The number of hydrogen-bond donors (Lipinski definition) is 5. The minimum absolute atomic E-state index is 0. The Balaban J connectivity index is -0.0000000270. The predicted molar refractivity (Wildman–Crippen MR) is 73.3 cm³/mol. The summed E-state index contributed by atoms with van der Waals surface area (Å²) in [5.74, 6) is 0. The highest BCUT2D eigenvalue weighted by Gasteiger charge is 1.63. The summed E-state index contributed by atoms with van der Waals surface area (Å²) in [6.07, 6.45) is 0. The van der Waals surface area contributed by atoms with Crippen LogP contribution in [-0.4, -0.2) is 28.9 Å². The molecule has 0 unspecified atom stereocenters. The van der Waals surface area contributed by atoms with Crippen molar-refractivity contribution in [2.24, 2.45) is 11.5 Å². The van der Waals surface area contributed by atoms with Crippen LogP contribution in [0, 0.1) is 0 Å². The van der Waals surface area contributed by atoms with Crippen molar-refractivity contribution >= 4 is 48.6 Å². The van der Waals surface area contributed by atoms with Gasteiger partial charge in [0, 0.05) is 0 Å². The fourth-order valence-corrected chi connectivity index (χ4v) is 0. The van der Waals surface area contributed by atoms with E-state index in [1.807, 2.05) is 14.1 Å². The van der Waals surface area contributed by atoms with Gasteiger partial charge in [-0.05, 0) is 14.1 Å². The third-order valence-electron chi connectivity index (χ3n) is 0. The highest BCUT2D eigenvalue weighted by atomic mass is 32.1. The lowest BCUT2D eigenvalue weighted by Gasteiger charge is -1.88. The number of primary amides is 2. The van der Waals surface area contributed by atoms with Crippen LogP contribution in [-0.2, 0) is 0 Å². The topological polar surface area (TPSA) is 89.4 Å². The van der Waals surface area contributed by atoms with Gasteiger partial charge in [-0.15, -0.1) is 0 Å². The second-order valence-electron chi connectivity index (χ2n) is 1.52. The van der Waals surface area contributed by atoms with Crippen molar-refractivity contribution in [3.8, 4) is 0 Å². The average Bonchev–Trinajstić information content (AvgIpc) is 1.54. The Morgan fingerprint density at radius 2 is 1.00 bits per heavy atom. The molecule has 0 aromatic rings. The Bertz CT molecular complexity index is 111. The lowest BCUT2D eigenvalue weighted by atomic mass is 11.3. The normalized spacial score (nSPS) is 6.14. The quantitative estimate of drug-likeness (QED) is 0.431. The summed E-state index contributed by atoms with van der Waals surface area (Å²) in [5.41, 5.74) is 8.67. The minimum atomic E-state index is -0.639. The summed E-state index contributed by atoms with van der Waals surface area (Å²) in [7, 11) is 3.73. The van der Waals surface area contributed by atoms with Gasteiger partial charge in [0.05, 0.1) is 0 Å². The van der Waals surface area contributed by atoms with Crippen LogP contribution in [0.5, 0.6) is 0 Å². The number of hydrogen-bond acceptors (Lipinski definition) is 4. The lowest BCUT2D eigenvalue weighted by molar-refractivity contribution is 0.266. The van der Waals surface area contributed by atoms with Gasteiger partial charge >= 0.3 is 0 Å². The molecule has 0 radical (unpaired) electrons. The molecule has 0 aromatic carbocycles. The van der Waals surface area contributed by atoms with E-state index in [0.29, 0.717) is 0 Å². The Labute approximate surface area is 103 Å². The molecule has 0 atom stereocenters. The van der Waals surface area contributed by atoms with Crippen LogP contribution in [0.2, 0.25) is 0 Å². The van der Waals surface area contributed by atoms with E-state index in [0.717, 1.165) is 0 Å². The van der Waals surface area contributed by atoms with Crippen LogP contribution < -0.4 is 11.5 Å². The Kier molecular flexibility index (Phi) is 48.2. The zero-order chi connectivity index (χ0) is 10.7. The average molecular weight is 263 g/mol. The molecular weight excluding hydrogens is 242 g/mol. The third-order valence-corrected chi connectivity index (χ3v) is 0. The third kappa shape index (κ3) is 573000. The van der Waals surface area contributed by atoms with E-state index in [-0.39, 0.29) is 14.9 Å². The summed E-state index contributed by atoms with van der Waals surface area (Å²) in [6, 6.07) is 0. The molecule has 4 N–H and O–H groups in total. The fraction of sp³-hybridized carbons (Fsp3) is 0.667. The molecule has 90 valence electrons. The number of amides is 2. The van der Waals surface area contributed by atoms with Gasteiger partial charge in [-0.1, -0.05) is 52.9 Å². The molecule has 0 aromatic heterocycles. The SMILES string of the molecule is C.C.CN(C)S.NC(=O)S.NC(=O)S. The number of nitrogens with two attached hydrogens (primary N) is 2. The Morgan fingerprint density at radius 1 is 1.00 bits per heavy atom. The van der Waals surface area contributed by atoms with Gasteiger partial charge in [-0.2, -0.15) is 0 Å². The van der Waals surface area contributed by atoms with E-state index in [1.165, 1.54) is 0 Å². The number of rotatable bonds is 0. The monoisotopic (exact) mass is 263 g/mol. The molecule has 0 aliphatic carbocycles. The van der Waals surface area contributed by atoms with Crippen molar-refractivity contribution in [3.05, 3.63) is 0 Å². The number of thiol groups is 3. The van der Waals surface area contributed by atoms with E-state index in [4.69, 9.17) is 9.59 Å². The van der Waals surface area contributed by atoms with Crippen LogP contribution in [0.1, 0.15) is 14.9 Å². The lowest BCUT2D eigenvalue weighted by Crippen LogP contribution is -1.95. The zero-order valence-electron chi connectivity index (χ0n) is 6.76. The molecule has 0 fully saturated rings. The zero-order valence-corrected chi connectivity index (χ0v) is 9.44. The van der Waals surface area contributed by atoms with Gasteiger partial charge in [0.15, 0.2) is 0 Å². The summed E-state index contributed by atoms with van der Waals surface area (Å²) < 4.78 is 1.69. The van der Waals surface area contributed by atoms with Crippen LogP contribution in [0.25, 0.3) is 0 Å². The van der Waals surface area contributed by atoms with Crippen molar-refractivity contribution in [2.75, 3.05) is 14.1 Å². The Morgan fingerprint density at radius 3 is 1.00 bits per heavy atom. The minimum Gasteiger partial charge on any atom is -0.361 e. The highest BCUT2D eigenvalue weighted by Crippen LogP contribution is 1.69. The Hall–Kier alpha value is -0.0500. The first-order chi connectivity index (χ1) is 5.20. The van der Waals surface area contributed by atoms with Crippen LogP contribution in [0.15, 0.2) is 0 Å². The summed E-state index contributed by atoms with van der Waals surface area (Å²) >= 11 is 10.0. The molecule has 14 heavy (non-hydrogen) atoms. The summed E-state index contributed by atoms with van der Waals surface area (Å²) in [5, 5.41) is -1.28. The van der Waals surface area contributed by atoms with Crippen LogP contribution in [0.3, 0.4) is 0 Å². The van der Waals surface area contributed by atoms with Gasteiger partial charge < -0.3 is 11.5 Å². The molecule has 2 amide bonds. The maximum atomic E-state index is 9.09.